The van der Waals surface area contributed by atoms with Crippen LogP contribution in [0.1, 0.15) is 0 Å². The maximum atomic E-state index is 13.2. The number of nitrogens with one attached hydrogen (secondary N) is 1. The summed E-state index contributed by atoms with van der Waals surface area (Å²) in [5.41, 5.74) is 1.75. The molecular formula is C15H11BrFN5. The first-order valence-electron chi connectivity index (χ1n) is 6.81. The molecule has 3 heterocycles. The van der Waals surface area contributed by atoms with E-state index in [4.69, 9.17) is 0 Å². The van der Waals surface area contributed by atoms with E-state index in [1.54, 1.807) is 18.3 Å². The molecule has 0 spiro atoms. The molecule has 3 aliphatic rings. The Morgan fingerprint density at radius 2 is 2.23 bits per heavy atom. The van der Waals surface area contributed by atoms with Crippen molar-refractivity contribution in [2.75, 3.05) is 11.9 Å². The normalized spacial score (nSPS) is 14.2. The second kappa shape index (κ2) is 5.17. The lowest BCUT2D eigenvalue weighted by Gasteiger charge is -2.13. The number of halogens is 2. The predicted octanol–water partition coefficient (Wildman–Crippen LogP) is 2.94. The number of fused-ring (bicyclic) bond motifs is 3. The standard InChI is InChI=1S/C15H11BrFN5/c16-12-6-9-8-19-15(20-11-3-1-2-10(17)7-11)21-13(9)22-5-4-18-14(12)22/h1-3,6-8,18H,4-5H2. The second-order valence-corrected chi connectivity index (χ2v) is 5.81. The lowest BCUT2D eigenvalue weighted by Crippen LogP contribution is -2.17. The van der Waals surface area contributed by atoms with Gasteiger partial charge in [-0.05, 0) is 40.2 Å². The molecule has 7 heteroatoms. The van der Waals surface area contributed by atoms with Crippen LogP contribution in [0.4, 0.5) is 15.9 Å². The van der Waals surface area contributed by atoms with E-state index >= 15 is 0 Å². The molecule has 3 aliphatic heterocycles. The maximum Gasteiger partial charge on any atom is 0.251 e. The molecule has 0 aliphatic carbocycles. The first-order chi connectivity index (χ1) is 10.7. The van der Waals surface area contributed by atoms with Gasteiger partial charge in [0.15, 0.2) is 0 Å². The molecule has 22 heavy (non-hydrogen) atoms. The highest BCUT2D eigenvalue weighted by Gasteiger charge is 2.19. The number of hydrogen-bond acceptors (Lipinski definition) is 4. The van der Waals surface area contributed by atoms with E-state index in [2.05, 4.69) is 40.8 Å². The summed E-state index contributed by atoms with van der Waals surface area (Å²) in [5, 5.41) is 3.31. The number of anilines is 1. The topological polar surface area (TPSA) is 55.1 Å². The molecule has 1 aromatic carbocycles. The van der Waals surface area contributed by atoms with Crippen molar-refractivity contribution in [2.45, 2.75) is 6.54 Å². The van der Waals surface area contributed by atoms with Gasteiger partial charge in [-0.3, -0.25) is 0 Å². The van der Waals surface area contributed by atoms with Crippen molar-refractivity contribution in [1.29, 1.82) is 0 Å². The molecule has 0 bridgehead atoms. The average Bonchev–Trinajstić information content (AvgIpc) is 2.98. The highest BCUT2D eigenvalue weighted by Crippen LogP contribution is 2.33. The quantitative estimate of drug-likeness (QED) is 0.726. The van der Waals surface area contributed by atoms with Crippen LogP contribution >= 0.6 is 15.9 Å². The Hall–Kier alpha value is -2.28. The Bertz CT molecular complexity index is 905. The van der Waals surface area contributed by atoms with Crippen LogP contribution in [0.2, 0.25) is 0 Å². The number of rotatable bonds is 1. The van der Waals surface area contributed by atoms with Crippen LogP contribution in [-0.4, -0.2) is 21.1 Å². The summed E-state index contributed by atoms with van der Waals surface area (Å²) in [6.07, 6.45) is 1.73. The summed E-state index contributed by atoms with van der Waals surface area (Å²) in [5.74, 6) is 1.49. The fourth-order valence-corrected chi connectivity index (χ4v) is 3.13. The van der Waals surface area contributed by atoms with E-state index in [1.165, 1.54) is 12.1 Å². The monoisotopic (exact) mass is 359 g/mol. The molecule has 5 nitrogen and oxygen atoms in total. The van der Waals surface area contributed by atoms with E-state index in [0.717, 1.165) is 34.8 Å². The minimum atomic E-state index is -0.328. The Kier molecular flexibility index (Phi) is 3.15. The molecule has 0 radical (unpaired) electrons. The SMILES string of the molecule is Fc1cccc(N=c2ncc3cc(Br)c4n(c-3n2)CCN4)c1. The predicted molar refractivity (Wildman–Crippen MR) is 84.5 cm³/mol. The van der Waals surface area contributed by atoms with Gasteiger partial charge in [-0.15, -0.1) is 0 Å². The lowest BCUT2D eigenvalue weighted by atomic mass is 10.2. The zero-order chi connectivity index (χ0) is 15.1. The molecular weight excluding hydrogens is 349 g/mol. The van der Waals surface area contributed by atoms with Crippen molar-refractivity contribution in [3.05, 3.63) is 52.4 Å². The van der Waals surface area contributed by atoms with Gasteiger partial charge in [0, 0.05) is 24.8 Å². The Morgan fingerprint density at radius 3 is 3.09 bits per heavy atom. The fourth-order valence-electron chi connectivity index (χ4n) is 2.53. The van der Waals surface area contributed by atoms with Crippen LogP contribution in [0.3, 0.4) is 0 Å². The maximum absolute atomic E-state index is 13.2. The summed E-state index contributed by atoms with van der Waals surface area (Å²) in [6.45, 7) is 1.69. The van der Waals surface area contributed by atoms with E-state index in [9.17, 15) is 4.39 Å². The molecule has 0 atom stereocenters. The van der Waals surface area contributed by atoms with Crippen molar-refractivity contribution >= 4 is 27.4 Å². The van der Waals surface area contributed by atoms with Crippen LogP contribution in [0, 0.1) is 5.82 Å². The van der Waals surface area contributed by atoms with Crippen molar-refractivity contribution in [3.8, 4) is 11.4 Å². The zero-order valence-corrected chi connectivity index (χ0v) is 13.0. The first kappa shape index (κ1) is 13.4. The molecule has 0 amide bonds. The van der Waals surface area contributed by atoms with Gasteiger partial charge in [0.2, 0.25) is 0 Å². The molecule has 0 saturated heterocycles. The Labute approximate surface area is 134 Å². The Balaban J connectivity index is 1.91. The third-order valence-electron chi connectivity index (χ3n) is 3.48. The van der Waals surface area contributed by atoms with E-state index in [0.29, 0.717) is 11.3 Å². The van der Waals surface area contributed by atoms with Crippen LogP contribution < -0.4 is 10.9 Å². The van der Waals surface area contributed by atoms with Gasteiger partial charge < -0.3 is 9.88 Å². The number of nitrogens with zero attached hydrogens (tertiary/aromatic N) is 4. The summed E-state index contributed by atoms with van der Waals surface area (Å²) in [7, 11) is 0. The number of aromatic nitrogens is 3. The van der Waals surface area contributed by atoms with Gasteiger partial charge in [0.1, 0.15) is 17.5 Å². The molecule has 0 fully saturated rings. The third-order valence-corrected chi connectivity index (χ3v) is 4.09. The molecule has 110 valence electrons. The van der Waals surface area contributed by atoms with Gasteiger partial charge in [0.05, 0.1) is 10.2 Å². The van der Waals surface area contributed by atoms with Crippen LogP contribution in [0.15, 0.2) is 46.0 Å². The lowest BCUT2D eigenvalue weighted by molar-refractivity contribution is 0.628. The van der Waals surface area contributed by atoms with Crippen LogP contribution in [0.5, 0.6) is 0 Å². The fraction of sp³-hybridized carbons (Fsp3) is 0.133. The smallest absolute Gasteiger partial charge is 0.251 e. The summed E-state index contributed by atoms with van der Waals surface area (Å²) < 4.78 is 16.3. The van der Waals surface area contributed by atoms with E-state index in [-0.39, 0.29) is 5.82 Å². The molecule has 0 saturated carbocycles. The largest absolute Gasteiger partial charge is 0.369 e. The summed E-state index contributed by atoms with van der Waals surface area (Å²) in [4.78, 5) is 13.1. The summed E-state index contributed by atoms with van der Waals surface area (Å²) >= 11 is 3.54. The highest BCUT2D eigenvalue weighted by molar-refractivity contribution is 9.10. The molecule has 4 rings (SSSR count). The molecule has 1 aromatic rings. The second-order valence-electron chi connectivity index (χ2n) is 4.96. The highest BCUT2D eigenvalue weighted by atomic mass is 79.9. The van der Waals surface area contributed by atoms with Crippen molar-refractivity contribution in [3.63, 3.8) is 0 Å². The number of benzene rings is 1. The number of pyridine rings is 1. The first-order valence-corrected chi connectivity index (χ1v) is 7.60. The van der Waals surface area contributed by atoms with Gasteiger partial charge in [-0.25, -0.2) is 14.4 Å². The van der Waals surface area contributed by atoms with Crippen LogP contribution in [-0.2, 0) is 6.54 Å². The van der Waals surface area contributed by atoms with Crippen molar-refractivity contribution in [1.82, 2.24) is 14.5 Å². The minimum Gasteiger partial charge on any atom is -0.369 e. The van der Waals surface area contributed by atoms with Gasteiger partial charge in [-0.2, -0.15) is 4.98 Å². The number of hydrogen-bond donors (Lipinski definition) is 1. The average molecular weight is 360 g/mol. The van der Waals surface area contributed by atoms with Gasteiger partial charge in [-0.1, -0.05) is 6.07 Å². The Morgan fingerprint density at radius 1 is 1.32 bits per heavy atom. The molecule has 0 aromatic heterocycles. The van der Waals surface area contributed by atoms with Gasteiger partial charge in [0.25, 0.3) is 5.62 Å². The third kappa shape index (κ3) is 2.27. The zero-order valence-electron chi connectivity index (χ0n) is 11.4. The van der Waals surface area contributed by atoms with Gasteiger partial charge >= 0.3 is 0 Å². The van der Waals surface area contributed by atoms with E-state index < -0.39 is 0 Å². The van der Waals surface area contributed by atoms with E-state index in [1.807, 2.05) is 6.07 Å². The molecule has 1 N–H and O–H groups in total. The van der Waals surface area contributed by atoms with Crippen LogP contribution in [0.25, 0.3) is 11.4 Å². The summed E-state index contributed by atoms with van der Waals surface area (Å²) in [6, 6.07) is 8.05. The molecule has 0 unspecified atom stereocenters. The van der Waals surface area contributed by atoms with Crippen molar-refractivity contribution in [2.24, 2.45) is 4.99 Å². The minimum absolute atomic E-state index is 0.321. The van der Waals surface area contributed by atoms with Crippen molar-refractivity contribution < 1.29 is 4.39 Å².